The van der Waals surface area contributed by atoms with E-state index in [0.717, 1.165) is 19.0 Å². The summed E-state index contributed by atoms with van der Waals surface area (Å²) in [6, 6.07) is 13.5. The molecule has 0 aliphatic carbocycles. The molecule has 1 amide bonds. The maximum absolute atomic E-state index is 12.5. The summed E-state index contributed by atoms with van der Waals surface area (Å²) < 4.78 is 2.71. The Balaban J connectivity index is 2.23. The first-order valence-corrected chi connectivity index (χ1v) is 8.71. The molecule has 0 fully saturated rings. The van der Waals surface area contributed by atoms with Crippen molar-refractivity contribution >= 4 is 53.7 Å². The standard InChI is InChI=1S/C16H14Br3NO/c1-16(2,10-3-5-11(17)6-4-10)20-15(21)13-8-7-12(18)9-14(13)19/h3-9H,1-2H3,(H,20,21). The number of hydrogen-bond donors (Lipinski definition) is 1. The second-order valence-corrected chi connectivity index (χ2v) is 7.90. The van der Waals surface area contributed by atoms with Gasteiger partial charge in [-0.15, -0.1) is 0 Å². The highest BCUT2D eigenvalue weighted by atomic mass is 79.9. The van der Waals surface area contributed by atoms with Gasteiger partial charge in [0.2, 0.25) is 0 Å². The molecule has 110 valence electrons. The number of hydrogen-bond acceptors (Lipinski definition) is 1. The molecule has 0 saturated heterocycles. The van der Waals surface area contributed by atoms with Gasteiger partial charge in [0.15, 0.2) is 0 Å². The van der Waals surface area contributed by atoms with Gasteiger partial charge in [0, 0.05) is 13.4 Å². The van der Waals surface area contributed by atoms with Gasteiger partial charge < -0.3 is 5.32 Å². The first-order chi connectivity index (χ1) is 9.79. The molecule has 0 bridgehead atoms. The zero-order valence-electron chi connectivity index (χ0n) is 11.6. The maximum Gasteiger partial charge on any atom is 0.253 e. The van der Waals surface area contributed by atoms with E-state index in [9.17, 15) is 4.79 Å². The Bertz CT molecular complexity index is 666. The lowest BCUT2D eigenvalue weighted by Crippen LogP contribution is -2.41. The summed E-state index contributed by atoms with van der Waals surface area (Å²) >= 11 is 10.2. The van der Waals surface area contributed by atoms with Crippen LogP contribution in [-0.4, -0.2) is 5.91 Å². The molecule has 1 N–H and O–H groups in total. The molecule has 0 aromatic heterocycles. The van der Waals surface area contributed by atoms with E-state index in [1.807, 2.05) is 50.2 Å². The third kappa shape index (κ3) is 4.18. The van der Waals surface area contributed by atoms with Crippen molar-refractivity contribution in [1.29, 1.82) is 0 Å². The minimum Gasteiger partial charge on any atom is -0.343 e. The summed E-state index contributed by atoms with van der Waals surface area (Å²) in [6.07, 6.45) is 0. The van der Waals surface area contributed by atoms with Gasteiger partial charge in [0.05, 0.1) is 11.1 Å². The topological polar surface area (TPSA) is 29.1 Å². The lowest BCUT2D eigenvalue weighted by Gasteiger charge is -2.27. The summed E-state index contributed by atoms with van der Waals surface area (Å²) in [5.74, 6) is -0.109. The molecule has 0 aliphatic heterocycles. The van der Waals surface area contributed by atoms with Crippen LogP contribution in [0.25, 0.3) is 0 Å². The molecule has 2 aromatic rings. The van der Waals surface area contributed by atoms with Crippen LogP contribution in [0.1, 0.15) is 29.8 Å². The van der Waals surface area contributed by atoms with Crippen molar-refractivity contribution in [2.45, 2.75) is 19.4 Å². The summed E-state index contributed by atoms with van der Waals surface area (Å²) in [6.45, 7) is 3.97. The van der Waals surface area contributed by atoms with Crippen LogP contribution in [0, 0.1) is 0 Å². The normalized spacial score (nSPS) is 11.3. The SMILES string of the molecule is CC(C)(NC(=O)c1ccc(Br)cc1Br)c1ccc(Br)cc1. The predicted molar refractivity (Wildman–Crippen MR) is 96.5 cm³/mol. The highest BCUT2D eigenvalue weighted by molar-refractivity contribution is 9.11. The van der Waals surface area contributed by atoms with E-state index in [-0.39, 0.29) is 5.91 Å². The Morgan fingerprint density at radius 3 is 2.10 bits per heavy atom. The summed E-state index contributed by atoms with van der Waals surface area (Å²) in [4.78, 5) is 12.5. The average molecular weight is 476 g/mol. The van der Waals surface area contributed by atoms with Crippen molar-refractivity contribution in [3.63, 3.8) is 0 Å². The highest BCUT2D eigenvalue weighted by Crippen LogP contribution is 2.25. The fourth-order valence-corrected chi connectivity index (χ4v) is 3.45. The van der Waals surface area contributed by atoms with E-state index in [4.69, 9.17) is 0 Å². The molecule has 0 radical (unpaired) electrons. The monoisotopic (exact) mass is 473 g/mol. The number of carbonyl (C=O) groups excluding carboxylic acids is 1. The van der Waals surface area contributed by atoms with Crippen molar-refractivity contribution < 1.29 is 4.79 Å². The van der Waals surface area contributed by atoms with E-state index in [2.05, 4.69) is 53.1 Å². The Morgan fingerprint density at radius 2 is 1.52 bits per heavy atom. The Labute approximate surface area is 149 Å². The van der Waals surface area contributed by atoms with E-state index in [0.29, 0.717) is 5.56 Å². The first-order valence-electron chi connectivity index (χ1n) is 6.33. The Morgan fingerprint density at radius 1 is 0.952 bits per heavy atom. The van der Waals surface area contributed by atoms with Crippen molar-refractivity contribution in [3.8, 4) is 0 Å². The molecule has 2 aromatic carbocycles. The molecule has 5 heteroatoms. The molecule has 0 aliphatic rings. The van der Waals surface area contributed by atoms with E-state index in [1.165, 1.54) is 0 Å². The van der Waals surface area contributed by atoms with Gasteiger partial charge in [-0.2, -0.15) is 0 Å². The van der Waals surface area contributed by atoms with Crippen LogP contribution < -0.4 is 5.32 Å². The van der Waals surface area contributed by atoms with Crippen LogP contribution in [0.5, 0.6) is 0 Å². The molecule has 0 unspecified atom stereocenters. The molecular weight excluding hydrogens is 462 g/mol. The van der Waals surface area contributed by atoms with Crippen molar-refractivity contribution in [1.82, 2.24) is 5.32 Å². The lowest BCUT2D eigenvalue weighted by molar-refractivity contribution is 0.0911. The zero-order chi connectivity index (χ0) is 15.6. The fourth-order valence-electron chi connectivity index (χ4n) is 1.96. The van der Waals surface area contributed by atoms with Crippen molar-refractivity contribution in [2.75, 3.05) is 0 Å². The van der Waals surface area contributed by atoms with E-state index >= 15 is 0 Å². The van der Waals surface area contributed by atoms with E-state index < -0.39 is 5.54 Å². The molecule has 0 heterocycles. The Kier molecular flexibility index (Phi) is 5.28. The van der Waals surface area contributed by atoms with Crippen LogP contribution in [0.4, 0.5) is 0 Å². The van der Waals surface area contributed by atoms with Gasteiger partial charge in [0.25, 0.3) is 5.91 Å². The van der Waals surface area contributed by atoms with E-state index in [1.54, 1.807) is 6.07 Å². The van der Waals surface area contributed by atoms with Gasteiger partial charge in [-0.25, -0.2) is 0 Å². The minimum atomic E-state index is -0.454. The van der Waals surface area contributed by atoms with Gasteiger partial charge in [-0.1, -0.05) is 44.0 Å². The highest BCUT2D eigenvalue weighted by Gasteiger charge is 2.24. The zero-order valence-corrected chi connectivity index (χ0v) is 16.3. The van der Waals surface area contributed by atoms with Crippen LogP contribution in [0.3, 0.4) is 0 Å². The van der Waals surface area contributed by atoms with Crippen LogP contribution in [-0.2, 0) is 5.54 Å². The summed E-state index contributed by atoms with van der Waals surface area (Å²) in [5.41, 5.74) is 1.21. The predicted octanol–water partition coefficient (Wildman–Crippen LogP) is 5.64. The molecule has 2 nitrogen and oxygen atoms in total. The van der Waals surface area contributed by atoms with Crippen LogP contribution in [0.2, 0.25) is 0 Å². The number of rotatable bonds is 3. The van der Waals surface area contributed by atoms with Gasteiger partial charge in [0.1, 0.15) is 0 Å². The van der Waals surface area contributed by atoms with Crippen LogP contribution >= 0.6 is 47.8 Å². The molecule has 21 heavy (non-hydrogen) atoms. The molecule has 0 atom stereocenters. The molecule has 0 spiro atoms. The van der Waals surface area contributed by atoms with Gasteiger partial charge >= 0.3 is 0 Å². The number of halogens is 3. The number of carbonyl (C=O) groups is 1. The smallest absolute Gasteiger partial charge is 0.253 e. The molecule has 0 saturated carbocycles. The molecular formula is C16H14Br3NO. The summed E-state index contributed by atoms with van der Waals surface area (Å²) in [7, 11) is 0. The largest absolute Gasteiger partial charge is 0.343 e. The van der Waals surface area contributed by atoms with Crippen molar-refractivity contribution in [3.05, 3.63) is 67.0 Å². The van der Waals surface area contributed by atoms with Gasteiger partial charge in [-0.3, -0.25) is 4.79 Å². The van der Waals surface area contributed by atoms with Crippen molar-refractivity contribution in [2.24, 2.45) is 0 Å². The second-order valence-electron chi connectivity index (χ2n) is 5.21. The average Bonchev–Trinajstić information content (AvgIpc) is 2.38. The first kappa shape index (κ1) is 16.7. The fraction of sp³-hybridized carbons (Fsp3) is 0.188. The quantitative estimate of drug-likeness (QED) is 0.611. The number of amides is 1. The second kappa shape index (κ2) is 6.63. The summed E-state index contributed by atoms with van der Waals surface area (Å²) in [5, 5.41) is 3.07. The molecule has 2 rings (SSSR count). The Hall–Kier alpha value is -0.650. The number of benzene rings is 2. The van der Waals surface area contributed by atoms with Gasteiger partial charge in [-0.05, 0) is 65.7 Å². The minimum absolute atomic E-state index is 0.109. The third-order valence-electron chi connectivity index (χ3n) is 3.17. The maximum atomic E-state index is 12.5. The number of nitrogens with one attached hydrogen (secondary N) is 1. The van der Waals surface area contributed by atoms with Crippen LogP contribution in [0.15, 0.2) is 55.9 Å². The lowest BCUT2D eigenvalue weighted by atomic mass is 9.94. The third-order valence-corrected chi connectivity index (χ3v) is 4.85.